The monoisotopic (exact) mass is 197 g/mol. The number of rotatable bonds is 1. The minimum Gasteiger partial charge on any atom is -0.488 e. The van der Waals surface area contributed by atoms with Gasteiger partial charge in [-0.2, -0.15) is 0 Å². The van der Waals surface area contributed by atoms with Gasteiger partial charge in [0.1, 0.15) is 6.61 Å². The largest absolute Gasteiger partial charge is 0.488 e. The first-order chi connectivity index (χ1) is 6.31. The Balaban J connectivity index is 2.31. The van der Waals surface area contributed by atoms with Crippen molar-refractivity contribution in [2.75, 3.05) is 11.9 Å². The van der Waals surface area contributed by atoms with Gasteiger partial charge in [0.05, 0.1) is 16.8 Å². The van der Waals surface area contributed by atoms with Crippen molar-refractivity contribution < 1.29 is 4.74 Å². The molecule has 1 unspecified atom stereocenters. The van der Waals surface area contributed by atoms with E-state index in [1.165, 1.54) is 0 Å². The number of ether oxygens (including phenoxy) is 1. The van der Waals surface area contributed by atoms with Gasteiger partial charge in [0.25, 0.3) is 0 Å². The highest BCUT2D eigenvalue weighted by molar-refractivity contribution is 6.32. The fraction of sp³-hybridized carbons (Fsp3) is 0.400. The molecule has 0 aliphatic carbocycles. The van der Waals surface area contributed by atoms with Crippen LogP contribution in [0.2, 0.25) is 5.02 Å². The molecule has 70 valence electrons. The standard InChI is InChI=1S/C10H12ClNO/c1-2-7-6-13-10-8(11)4-3-5-9(10)12-7/h3-5,7,12H,2,6H2,1H3. The first kappa shape index (κ1) is 8.70. The number of nitrogens with one attached hydrogen (secondary N) is 1. The topological polar surface area (TPSA) is 21.3 Å². The summed E-state index contributed by atoms with van der Waals surface area (Å²) in [7, 11) is 0. The van der Waals surface area contributed by atoms with Gasteiger partial charge in [-0.1, -0.05) is 24.6 Å². The van der Waals surface area contributed by atoms with Gasteiger partial charge in [-0.3, -0.25) is 0 Å². The van der Waals surface area contributed by atoms with Crippen molar-refractivity contribution >= 4 is 17.3 Å². The molecule has 0 bridgehead atoms. The number of benzene rings is 1. The van der Waals surface area contributed by atoms with Crippen LogP contribution in [0.1, 0.15) is 13.3 Å². The molecule has 1 atom stereocenters. The number of anilines is 1. The molecule has 0 aromatic heterocycles. The minimum absolute atomic E-state index is 0.408. The Labute approximate surface area is 82.9 Å². The van der Waals surface area contributed by atoms with E-state index >= 15 is 0 Å². The number of para-hydroxylation sites is 1. The van der Waals surface area contributed by atoms with E-state index in [9.17, 15) is 0 Å². The molecular formula is C10H12ClNO. The van der Waals surface area contributed by atoms with Crippen LogP contribution in [0.25, 0.3) is 0 Å². The highest BCUT2D eigenvalue weighted by Crippen LogP contribution is 2.35. The predicted octanol–water partition coefficient (Wildman–Crippen LogP) is 2.92. The first-order valence-electron chi connectivity index (χ1n) is 4.49. The summed E-state index contributed by atoms with van der Waals surface area (Å²) in [6.45, 7) is 2.84. The summed E-state index contributed by atoms with van der Waals surface area (Å²) in [5.74, 6) is 0.786. The lowest BCUT2D eigenvalue weighted by atomic mass is 10.2. The molecule has 2 rings (SSSR count). The molecule has 0 fully saturated rings. The second kappa shape index (κ2) is 3.46. The van der Waals surface area contributed by atoms with E-state index in [1.807, 2.05) is 18.2 Å². The molecule has 0 spiro atoms. The summed E-state index contributed by atoms with van der Waals surface area (Å²) < 4.78 is 5.56. The van der Waals surface area contributed by atoms with E-state index in [0.29, 0.717) is 17.7 Å². The zero-order valence-electron chi connectivity index (χ0n) is 7.51. The molecular weight excluding hydrogens is 186 g/mol. The van der Waals surface area contributed by atoms with Crippen molar-refractivity contribution in [1.29, 1.82) is 0 Å². The predicted molar refractivity (Wildman–Crippen MR) is 54.6 cm³/mol. The molecule has 1 aliphatic heterocycles. The molecule has 13 heavy (non-hydrogen) atoms. The van der Waals surface area contributed by atoms with Gasteiger partial charge in [-0.05, 0) is 18.6 Å². The Morgan fingerprint density at radius 2 is 2.46 bits per heavy atom. The van der Waals surface area contributed by atoms with Crippen molar-refractivity contribution in [2.24, 2.45) is 0 Å². The second-order valence-electron chi connectivity index (χ2n) is 3.18. The van der Waals surface area contributed by atoms with Crippen molar-refractivity contribution in [1.82, 2.24) is 0 Å². The molecule has 1 heterocycles. The Hall–Kier alpha value is -0.890. The van der Waals surface area contributed by atoms with Crippen LogP contribution in [0.3, 0.4) is 0 Å². The summed E-state index contributed by atoms with van der Waals surface area (Å²) in [5.41, 5.74) is 1.01. The van der Waals surface area contributed by atoms with Gasteiger partial charge < -0.3 is 10.1 Å². The highest BCUT2D eigenvalue weighted by Gasteiger charge is 2.18. The Morgan fingerprint density at radius 3 is 3.23 bits per heavy atom. The van der Waals surface area contributed by atoms with Crippen LogP contribution < -0.4 is 10.1 Å². The highest BCUT2D eigenvalue weighted by atomic mass is 35.5. The SMILES string of the molecule is CCC1COc2c(Cl)cccc2N1. The zero-order valence-corrected chi connectivity index (χ0v) is 8.27. The third kappa shape index (κ3) is 1.59. The molecule has 3 heteroatoms. The van der Waals surface area contributed by atoms with Crippen molar-refractivity contribution in [3.8, 4) is 5.75 Å². The fourth-order valence-corrected chi connectivity index (χ4v) is 1.66. The molecule has 1 aliphatic rings. The van der Waals surface area contributed by atoms with E-state index in [4.69, 9.17) is 16.3 Å². The molecule has 0 amide bonds. The molecule has 0 saturated heterocycles. The van der Waals surface area contributed by atoms with Gasteiger partial charge in [0.15, 0.2) is 5.75 Å². The zero-order chi connectivity index (χ0) is 9.26. The summed E-state index contributed by atoms with van der Waals surface area (Å²) in [4.78, 5) is 0. The van der Waals surface area contributed by atoms with Gasteiger partial charge in [0, 0.05) is 0 Å². The van der Waals surface area contributed by atoms with Crippen LogP contribution in [0.15, 0.2) is 18.2 Å². The van der Waals surface area contributed by atoms with E-state index in [1.54, 1.807) is 0 Å². The molecule has 1 N–H and O–H groups in total. The minimum atomic E-state index is 0.408. The van der Waals surface area contributed by atoms with Crippen LogP contribution in [0.4, 0.5) is 5.69 Å². The maximum absolute atomic E-state index is 5.97. The Kier molecular flexibility index (Phi) is 2.32. The summed E-state index contributed by atoms with van der Waals surface area (Å²) in [6, 6.07) is 6.17. The number of fused-ring (bicyclic) bond motifs is 1. The third-order valence-corrected chi connectivity index (χ3v) is 2.55. The van der Waals surface area contributed by atoms with Crippen LogP contribution in [0.5, 0.6) is 5.75 Å². The average molecular weight is 198 g/mol. The summed E-state index contributed by atoms with van der Waals surface area (Å²) >= 11 is 5.97. The Bertz CT molecular complexity index is 314. The van der Waals surface area contributed by atoms with E-state index < -0.39 is 0 Å². The normalized spacial score (nSPS) is 20.0. The molecule has 1 aromatic carbocycles. The summed E-state index contributed by atoms with van der Waals surface area (Å²) in [6.07, 6.45) is 1.06. The van der Waals surface area contributed by atoms with Crippen LogP contribution >= 0.6 is 11.6 Å². The lowest BCUT2D eigenvalue weighted by Gasteiger charge is -2.27. The maximum atomic E-state index is 5.97. The quantitative estimate of drug-likeness (QED) is 0.748. The van der Waals surface area contributed by atoms with Crippen LogP contribution in [-0.4, -0.2) is 12.6 Å². The van der Waals surface area contributed by atoms with Gasteiger partial charge in [-0.25, -0.2) is 0 Å². The summed E-state index contributed by atoms with van der Waals surface area (Å²) in [5, 5.41) is 4.06. The van der Waals surface area contributed by atoms with Crippen molar-refractivity contribution in [3.05, 3.63) is 23.2 Å². The van der Waals surface area contributed by atoms with Gasteiger partial charge >= 0.3 is 0 Å². The van der Waals surface area contributed by atoms with E-state index in [-0.39, 0.29) is 0 Å². The number of halogens is 1. The van der Waals surface area contributed by atoms with Crippen LogP contribution in [-0.2, 0) is 0 Å². The number of hydrogen-bond donors (Lipinski definition) is 1. The maximum Gasteiger partial charge on any atom is 0.161 e. The smallest absolute Gasteiger partial charge is 0.161 e. The lowest BCUT2D eigenvalue weighted by molar-refractivity contribution is 0.282. The number of hydrogen-bond acceptors (Lipinski definition) is 2. The third-order valence-electron chi connectivity index (χ3n) is 2.25. The Morgan fingerprint density at radius 1 is 1.62 bits per heavy atom. The van der Waals surface area contributed by atoms with Crippen molar-refractivity contribution in [3.63, 3.8) is 0 Å². The molecule has 0 radical (unpaired) electrons. The van der Waals surface area contributed by atoms with Gasteiger partial charge in [-0.15, -0.1) is 0 Å². The molecule has 0 saturated carbocycles. The van der Waals surface area contributed by atoms with Crippen LogP contribution in [0, 0.1) is 0 Å². The van der Waals surface area contributed by atoms with Crippen molar-refractivity contribution in [2.45, 2.75) is 19.4 Å². The van der Waals surface area contributed by atoms with E-state index in [2.05, 4.69) is 12.2 Å². The average Bonchev–Trinajstić information content (AvgIpc) is 2.18. The second-order valence-corrected chi connectivity index (χ2v) is 3.58. The molecule has 2 nitrogen and oxygen atoms in total. The fourth-order valence-electron chi connectivity index (χ4n) is 1.43. The first-order valence-corrected chi connectivity index (χ1v) is 4.87. The lowest BCUT2D eigenvalue weighted by Crippen LogP contribution is -2.30. The molecule has 1 aromatic rings. The van der Waals surface area contributed by atoms with E-state index in [0.717, 1.165) is 17.9 Å². The van der Waals surface area contributed by atoms with Gasteiger partial charge in [0.2, 0.25) is 0 Å².